The molecule has 3 rings (SSSR count). The minimum Gasteiger partial charge on any atom is -0.497 e. The number of amides is 1. The van der Waals surface area contributed by atoms with Crippen molar-refractivity contribution in [3.05, 3.63) is 46.8 Å². The van der Waals surface area contributed by atoms with Crippen LogP contribution in [0.2, 0.25) is 0 Å². The molecule has 6 heteroatoms. The Morgan fingerprint density at radius 2 is 2.09 bits per heavy atom. The second kappa shape index (κ2) is 5.07. The Bertz CT molecular complexity index is 818. The third kappa shape index (κ3) is 2.24. The van der Waals surface area contributed by atoms with Crippen molar-refractivity contribution in [3.63, 3.8) is 0 Å². The number of carboxylic acid groups (broad SMARTS) is 1. The number of nitrogens with one attached hydrogen (secondary N) is 2. The fourth-order valence-electron chi connectivity index (χ4n) is 2.48. The molecule has 0 bridgehead atoms. The summed E-state index contributed by atoms with van der Waals surface area (Å²) >= 11 is 0. The highest BCUT2D eigenvalue weighted by atomic mass is 16.5. The number of carboxylic acids is 1. The molecule has 0 unspecified atom stereocenters. The predicted octanol–water partition coefficient (Wildman–Crippen LogP) is 2.52. The third-order valence-corrected chi connectivity index (χ3v) is 3.56. The summed E-state index contributed by atoms with van der Waals surface area (Å²) in [6.45, 7) is 1.70. The van der Waals surface area contributed by atoms with Gasteiger partial charge < -0.3 is 20.1 Å². The number of ether oxygens (including phenoxy) is 1. The lowest BCUT2D eigenvalue weighted by Gasteiger charge is -2.02. The number of carbonyl (C=O) groups is 2. The molecule has 3 N–H and O–H groups in total. The number of H-pyrrole nitrogens is 1. The number of methoxy groups -OCH3 is 1. The zero-order valence-corrected chi connectivity index (χ0v) is 12.1. The van der Waals surface area contributed by atoms with E-state index in [4.69, 9.17) is 9.84 Å². The second-order valence-electron chi connectivity index (χ2n) is 5.01. The first-order valence-electron chi connectivity index (χ1n) is 6.64. The van der Waals surface area contributed by atoms with Gasteiger partial charge in [0.1, 0.15) is 11.4 Å². The van der Waals surface area contributed by atoms with E-state index < -0.39 is 5.97 Å². The maximum Gasteiger partial charge on any atom is 0.352 e. The largest absolute Gasteiger partial charge is 0.497 e. The summed E-state index contributed by atoms with van der Waals surface area (Å²) in [5.41, 5.74) is 3.20. The molecule has 1 aliphatic heterocycles. The van der Waals surface area contributed by atoms with Crippen molar-refractivity contribution in [3.8, 4) is 5.75 Å². The fourth-order valence-corrected chi connectivity index (χ4v) is 2.48. The van der Waals surface area contributed by atoms with E-state index >= 15 is 0 Å². The van der Waals surface area contributed by atoms with Gasteiger partial charge in [-0.3, -0.25) is 4.79 Å². The zero-order chi connectivity index (χ0) is 15.9. The van der Waals surface area contributed by atoms with Crippen LogP contribution >= 0.6 is 0 Å². The number of anilines is 1. The number of benzene rings is 1. The molecule has 1 aromatic carbocycles. The molecule has 0 fully saturated rings. The summed E-state index contributed by atoms with van der Waals surface area (Å²) in [7, 11) is 1.56. The standard InChI is InChI=1S/C16H14N2O4/c1-8-5-9(17-14(8)16(20)21)6-12-11-7-10(22-2)3-4-13(11)18-15(12)19/h3-7,17H,1-2H3,(H,18,19)(H,20,21). The summed E-state index contributed by atoms with van der Waals surface area (Å²) in [5.74, 6) is -0.609. The average molecular weight is 298 g/mol. The highest BCUT2D eigenvalue weighted by Crippen LogP contribution is 2.35. The highest BCUT2D eigenvalue weighted by Gasteiger charge is 2.25. The first kappa shape index (κ1) is 13.9. The Labute approximate surface area is 126 Å². The van der Waals surface area contributed by atoms with Crippen LogP contribution in [0.25, 0.3) is 11.6 Å². The van der Waals surface area contributed by atoms with Gasteiger partial charge in [-0.1, -0.05) is 0 Å². The summed E-state index contributed by atoms with van der Waals surface area (Å²) < 4.78 is 5.18. The maximum absolute atomic E-state index is 12.1. The predicted molar refractivity (Wildman–Crippen MR) is 82.0 cm³/mol. The lowest BCUT2D eigenvalue weighted by molar-refractivity contribution is -0.110. The number of aryl methyl sites for hydroxylation is 1. The lowest BCUT2D eigenvalue weighted by atomic mass is 10.1. The van der Waals surface area contributed by atoms with E-state index in [-0.39, 0.29) is 11.6 Å². The lowest BCUT2D eigenvalue weighted by Crippen LogP contribution is -2.03. The molecule has 1 amide bonds. The SMILES string of the molecule is COc1ccc2c(c1)C(=Cc1cc(C)c(C(=O)O)[nH]1)C(=O)N2. The smallest absolute Gasteiger partial charge is 0.352 e. The topological polar surface area (TPSA) is 91.4 Å². The van der Waals surface area contributed by atoms with Crippen LogP contribution in [-0.4, -0.2) is 29.1 Å². The minimum absolute atomic E-state index is 0.121. The molecule has 112 valence electrons. The van der Waals surface area contributed by atoms with Crippen LogP contribution in [0, 0.1) is 6.92 Å². The van der Waals surface area contributed by atoms with Crippen LogP contribution in [0.3, 0.4) is 0 Å². The number of carbonyl (C=O) groups excluding carboxylic acids is 1. The van der Waals surface area contributed by atoms with Gasteiger partial charge in [-0.15, -0.1) is 0 Å². The number of aromatic nitrogens is 1. The quantitative estimate of drug-likeness (QED) is 0.759. The molecule has 0 atom stereocenters. The van der Waals surface area contributed by atoms with Crippen LogP contribution in [0.15, 0.2) is 24.3 Å². The number of fused-ring (bicyclic) bond motifs is 1. The molecule has 0 saturated carbocycles. The van der Waals surface area contributed by atoms with Gasteiger partial charge in [-0.2, -0.15) is 0 Å². The highest BCUT2D eigenvalue weighted by molar-refractivity contribution is 6.34. The van der Waals surface area contributed by atoms with Crippen molar-refractivity contribution >= 4 is 29.2 Å². The number of aromatic amines is 1. The molecule has 2 heterocycles. The molecule has 6 nitrogen and oxygen atoms in total. The fraction of sp³-hybridized carbons (Fsp3) is 0.125. The summed E-state index contributed by atoms with van der Waals surface area (Å²) in [6, 6.07) is 7.01. The van der Waals surface area contributed by atoms with E-state index in [1.165, 1.54) is 0 Å². The Balaban J connectivity index is 2.07. The van der Waals surface area contributed by atoms with Gasteiger partial charge in [-0.25, -0.2) is 4.79 Å². The first-order chi connectivity index (χ1) is 10.5. The molecule has 0 spiro atoms. The van der Waals surface area contributed by atoms with Crippen LogP contribution in [0.1, 0.15) is 27.3 Å². The van der Waals surface area contributed by atoms with E-state index in [0.717, 1.165) is 5.56 Å². The van der Waals surface area contributed by atoms with Crippen molar-refractivity contribution in [1.29, 1.82) is 0 Å². The Morgan fingerprint density at radius 3 is 2.73 bits per heavy atom. The first-order valence-corrected chi connectivity index (χ1v) is 6.64. The van der Waals surface area contributed by atoms with Crippen molar-refractivity contribution in [1.82, 2.24) is 4.98 Å². The van der Waals surface area contributed by atoms with Gasteiger partial charge in [0.25, 0.3) is 5.91 Å². The van der Waals surface area contributed by atoms with Gasteiger partial charge in [0.05, 0.1) is 12.7 Å². The monoisotopic (exact) mass is 298 g/mol. The van der Waals surface area contributed by atoms with Gasteiger partial charge in [0.2, 0.25) is 0 Å². The van der Waals surface area contributed by atoms with Gasteiger partial charge in [0.15, 0.2) is 0 Å². The summed E-state index contributed by atoms with van der Waals surface area (Å²) in [5, 5.41) is 11.8. The van der Waals surface area contributed by atoms with Crippen molar-refractivity contribution in [2.24, 2.45) is 0 Å². The Hall–Kier alpha value is -3.02. The molecular weight excluding hydrogens is 284 g/mol. The summed E-state index contributed by atoms with van der Waals surface area (Å²) in [4.78, 5) is 26.0. The summed E-state index contributed by atoms with van der Waals surface area (Å²) in [6.07, 6.45) is 1.64. The third-order valence-electron chi connectivity index (χ3n) is 3.56. The van der Waals surface area contributed by atoms with Crippen LogP contribution in [0.5, 0.6) is 5.75 Å². The van der Waals surface area contributed by atoms with Gasteiger partial charge in [-0.05, 0) is 42.8 Å². The Morgan fingerprint density at radius 1 is 1.32 bits per heavy atom. The molecule has 0 aliphatic carbocycles. The van der Waals surface area contributed by atoms with E-state index in [1.807, 2.05) is 0 Å². The van der Waals surface area contributed by atoms with E-state index in [1.54, 1.807) is 44.4 Å². The van der Waals surface area contributed by atoms with Crippen molar-refractivity contribution in [2.75, 3.05) is 12.4 Å². The molecular formula is C16H14N2O4. The van der Waals surface area contributed by atoms with E-state index in [2.05, 4.69) is 10.3 Å². The van der Waals surface area contributed by atoms with E-state index in [0.29, 0.717) is 28.3 Å². The van der Waals surface area contributed by atoms with Crippen molar-refractivity contribution in [2.45, 2.75) is 6.92 Å². The second-order valence-corrected chi connectivity index (χ2v) is 5.01. The average Bonchev–Trinajstić information content (AvgIpc) is 3.00. The molecule has 2 aromatic rings. The molecule has 0 saturated heterocycles. The normalized spacial score (nSPS) is 14.8. The van der Waals surface area contributed by atoms with Crippen molar-refractivity contribution < 1.29 is 19.4 Å². The maximum atomic E-state index is 12.1. The van der Waals surface area contributed by atoms with E-state index in [9.17, 15) is 9.59 Å². The molecule has 1 aliphatic rings. The Kier molecular flexibility index (Phi) is 3.21. The number of hydrogen-bond donors (Lipinski definition) is 3. The van der Waals surface area contributed by atoms with Gasteiger partial charge in [0, 0.05) is 16.9 Å². The van der Waals surface area contributed by atoms with Crippen LogP contribution in [0.4, 0.5) is 5.69 Å². The number of hydrogen-bond acceptors (Lipinski definition) is 3. The van der Waals surface area contributed by atoms with Crippen LogP contribution < -0.4 is 10.1 Å². The van der Waals surface area contributed by atoms with Crippen LogP contribution in [-0.2, 0) is 4.79 Å². The van der Waals surface area contributed by atoms with Gasteiger partial charge >= 0.3 is 5.97 Å². The molecule has 22 heavy (non-hydrogen) atoms. The molecule has 1 aromatic heterocycles. The number of rotatable bonds is 3. The number of aromatic carboxylic acids is 1. The zero-order valence-electron chi connectivity index (χ0n) is 12.1. The minimum atomic E-state index is -1.03. The molecule has 0 radical (unpaired) electrons.